The van der Waals surface area contributed by atoms with E-state index in [4.69, 9.17) is 4.74 Å². The van der Waals surface area contributed by atoms with Crippen LogP contribution in [0.3, 0.4) is 0 Å². The first kappa shape index (κ1) is 14.4. The Kier molecular flexibility index (Phi) is 4.12. The van der Waals surface area contributed by atoms with Crippen molar-refractivity contribution >= 4 is 17.3 Å². The van der Waals surface area contributed by atoms with Gasteiger partial charge in [0, 0.05) is 6.42 Å². The topological polar surface area (TPSA) is 123 Å². The van der Waals surface area contributed by atoms with Crippen molar-refractivity contribution in [3.63, 3.8) is 0 Å². The summed E-state index contributed by atoms with van der Waals surface area (Å²) in [5, 5.41) is 19.8. The van der Waals surface area contributed by atoms with Gasteiger partial charge in [-0.3, -0.25) is 20.0 Å². The molecule has 0 radical (unpaired) electrons. The number of hydrogen-bond donors (Lipinski definition) is 2. The van der Waals surface area contributed by atoms with Gasteiger partial charge >= 0.3 is 0 Å². The Morgan fingerprint density at radius 1 is 1.52 bits per heavy atom. The predicted molar refractivity (Wildman–Crippen MR) is 73.4 cm³/mol. The maximum atomic E-state index is 12.0. The highest BCUT2D eigenvalue weighted by Crippen LogP contribution is 2.29. The molecule has 0 saturated heterocycles. The summed E-state index contributed by atoms with van der Waals surface area (Å²) in [4.78, 5) is 26.3. The van der Waals surface area contributed by atoms with E-state index < -0.39 is 10.8 Å². The van der Waals surface area contributed by atoms with E-state index in [9.17, 15) is 14.9 Å². The van der Waals surface area contributed by atoms with Gasteiger partial charge in [-0.2, -0.15) is 0 Å². The quantitative estimate of drug-likeness (QED) is 0.636. The van der Waals surface area contributed by atoms with Crippen LogP contribution in [0.2, 0.25) is 0 Å². The molecule has 2 N–H and O–H groups in total. The lowest BCUT2D eigenvalue weighted by molar-refractivity contribution is -0.384. The molecule has 2 rings (SSSR count). The number of nitrogens with one attached hydrogen (secondary N) is 2. The van der Waals surface area contributed by atoms with Gasteiger partial charge in [0.15, 0.2) is 0 Å². The number of aromatic amines is 1. The monoisotopic (exact) mass is 291 g/mol. The van der Waals surface area contributed by atoms with E-state index in [2.05, 4.69) is 20.5 Å². The summed E-state index contributed by atoms with van der Waals surface area (Å²) in [6.45, 7) is 1.86. The second-order valence-electron chi connectivity index (χ2n) is 4.05. The molecule has 21 heavy (non-hydrogen) atoms. The number of nitro groups is 1. The van der Waals surface area contributed by atoms with E-state index in [-0.39, 0.29) is 17.2 Å². The molecule has 0 aliphatic heterocycles. The number of methoxy groups -OCH3 is 1. The standard InChI is InChI=1S/C12H13N5O4/c1-3-10-14-11(16-15-10)12(18)13-8-5-4-7(21-2)6-9(8)17(19)20/h4-6H,3H2,1-2H3,(H,13,18)(H,14,15,16). The molecule has 0 bridgehead atoms. The number of rotatable bonds is 5. The normalized spacial score (nSPS) is 10.2. The van der Waals surface area contributed by atoms with Crippen LogP contribution in [0.15, 0.2) is 18.2 Å². The Labute approximate surface area is 119 Å². The van der Waals surface area contributed by atoms with E-state index in [1.807, 2.05) is 6.92 Å². The fourth-order valence-corrected chi connectivity index (χ4v) is 1.63. The van der Waals surface area contributed by atoms with Crippen LogP contribution in [0, 0.1) is 10.1 Å². The highest BCUT2D eigenvalue weighted by molar-refractivity contribution is 6.02. The van der Waals surface area contributed by atoms with Crippen molar-refractivity contribution in [2.45, 2.75) is 13.3 Å². The first-order valence-electron chi connectivity index (χ1n) is 6.10. The van der Waals surface area contributed by atoms with Crippen molar-refractivity contribution in [1.29, 1.82) is 0 Å². The second kappa shape index (κ2) is 5.99. The number of anilines is 1. The zero-order valence-electron chi connectivity index (χ0n) is 11.4. The van der Waals surface area contributed by atoms with Crippen molar-refractivity contribution in [3.8, 4) is 5.75 Å². The number of aromatic nitrogens is 3. The highest BCUT2D eigenvalue weighted by Gasteiger charge is 2.19. The molecular formula is C12H13N5O4. The summed E-state index contributed by atoms with van der Waals surface area (Å²) in [5.41, 5.74) is -0.220. The highest BCUT2D eigenvalue weighted by atomic mass is 16.6. The van der Waals surface area contributed by atoms with Gasteiger partial charge in [-0.15, -0.1) is 5.10 Å². The fraction of sp³-hybridized carbons (Fsp3) is 0.250. The summed E-state index contributed by atoms with van der Waals surface area (Å²) in [6.07, 6.45) is 0.600. The lowest BCUT2D eigenvalue weighted by atomic mass is 10.2. The van der Waals surface area contributed by atoms with Gasteiger partial charge in [-0.1, -0.05) is 6.92 Å². The van der Waals surface area contributed by atoms with Crippen molar-refractivity contribution in [2.75, 3.05) is 12.4 Å². The van der Waals surface area contributed by atoms with Crippen LogP contribution in [0.5, 0.6) is 5.75 Å². The number of ether oxygens (including phenoxy) is 1. The minimum absolute atomic E-state index is 0.0497. The second-order valence-corrected chi connectivity index (χ2v) is 4.05. The molecule has 2 aromatic rings. The van der Waals surface area contributed by atoms with Gasteiger partial charge in [0.1, 0.15) is 17.3 Å². The molecule has 0 spiro atoms. The summed E-state index contributed by atoms with van der Waals surface area (Å²) in [7, 11) is 1.40. The number of hydrogen-bond acceptors (Lipinski definition) is 6. The van der Waals surface area contributed by atoms with Crippen molar-refractivity contribution < 1.29 is 14.5 Å². The SMILES string of the molecule is CCc1nc(C(=O)Nc2ccc(OC)cc2[N+](=O)[O-])n[nH]1. The largest absolute Gasteiger partial charge is 0.496 e. The molecule has 0 aliphatic rings. The lowest BCUT2D eigenvalue weighted by Crippen LogP contribution is -2.15. The number of aryl methyl sites for hydroxylation is 1. The van der Waals surface area contributed by atoms with Crippen molar-refractivity contribution in [2.24, 2.45) is 0 Å². The molecule has 9 nitrogen and oxygen atoms in total. The van der Waals surface area contributed by atoms with Gasteiger partial charge in [0.2, 0.25) is 5.82 Å². The van der Waals surface area contributed by atoms with Crippen LogP contribution in [0.4, 0.5) is 11.4 Å². The molecule has 0 saturated carbocycles. The maximum Gasteiger partial charge on any atom is 0.296 e. The number of nitrogens with zero attached hydrogens (tertiary/aromatic N) is 3. The van der Waals surface area contributed by atoms with Crippen LogP contribution in [-0.4, -0.2) is 33.1 Å². The van der Waals surface area contributed by atoms with E-state index >= 15 is 0 Å². The van der Waals surface area contributed by atoms with E-state index in [0.29, 0.717) is 18.0 Å². The van der Waals surface area contributed by atoms with Crippen molar-refractivity contribution in [1.82, 2.24) is 15.2 Å². The summed E-state index contributed by atoms with van der Waals surface area (Å²) in [5.74, 6) is 0.187. The summed E-state index contributed by atoms with van der Waals surface area (Å²) in [6, 6.07) is 4.13. The fourth-order valence-electron chi connectivity index (χ4n) is 1.63. The minimum atomic E-state index is -0.626. The molecule has 1 amide bonds. The molecule has 0 aliphatic carbocycles. The van der Waals surface area contributed by atoms with Crippen LogP contribution >= 0.6 is 0 Å². The number of H-pyrrole nitrogens is 1. The average molecular weight is 291 g/mol. The Balaban J connectivity index is 2.26. The van der Waals surface area contributed by atoms with Crippen LogP contribution in [-0.2, 0) is 6.42 Å². The molecule has 1 heterocycles. The molecule has 9 heteroatoms. The molecule has 1 aromatic heterocycles. The Hall–Kier alpha value is -2.97. The summed E-state index contributed by atoms with van der Waals surface area (Å²) >= 11 is 0. The van der Waals surface area contributed by atoms with Crippen LogP contribution in [0.25, 0.3) is 0 Å². The molecular weight excluding hydrogens is 278 g/mol. The van der Waals surface area contributed by atoms with Crippen molar-refractivity contribution in [3.05, 3.63) is 40.0 Å². The lowest BCUT2D eigenvalue weighted by Gasteiger charge is -2.05. The number of benzene rings is 1. The Morgan fingerprint density at radius 2 is 2.29 bits per heavy atom. The third-order valence-corrected chi connectivity index (χ3v) is 2.72. The third-order valence-electron chi connectivity index (χ3n) is 2.72. The van der Waals surface area contributed by atoms with Gasteiger partial charge in [-0.25, -0.2) is 4.98 Å². The Morgan fingerprint density at radius 3 is 2.86 bits per heavy atom. The third kappa shape index (κ3) is 3.14. The predicted octanol–water partition coefficient (Wildman–Crippen LogP) is 1.54. The average Bonchev–Trinajstić information content (AvgIpc) is 2.96. The first-order chi connectivity index (χ1) is 10.0. The van der Waals surface area contributed by atoms with Gasteiger partial charge in [-0.05, 0) is 12.1 Å². The molecule has 0 fully saturated rings. The van der Waals surface area contributed by atoms with E-state index in [1.165, 1.54) is 25.3 Å². The van der Waals surface area contributed by atoms with Gasteiger partial charge in [0.25, 0.3) is 11.6 Å². The number of carbonyl (C=O) groups excluding carboxylic acids is 1. The van der Waals surface area contributed by atoms with Crippen LogP contribution < -0.4 is 10.1 Å². The maximum absolute atomic E-state index is 12.0. The minimum Gasteiger partial charge on any atom is -0.496 e. The van der Waals surface area contributed by atoms with E-state index in [0.717, 1.165) is 0 Å². The molecule has 1 aromatic carbocycles. The summed E-state index contributed by atoms with van der Waals surface area (Å²) < 4.78 is 4.92. The number of nitro benzene ring substituents is 1. The number of amides is 1. The molecule has 0 unspecified atom stereocenters. The van der Waals surface area contributed by atoms with Gasteiger partial charge < -0.3 is 10.1 Å². The molecule has 110 valence electrons. The zero-order chi connectivity index (χ0) is 15.4. The van der Waals surface area contributed by atoms with E-state index in [1.54, 1.807) is 0 Å². The molecule has 0 atom stereocenters. The van der Waals surface area contributed by atoms with Gasteiger partial charge in [0.05, 0.1) is 18.1 Å². The zero-order valence-corrected chi connectivity index (χ0v) is 11.4. The smallest absolute Gasteiger partial charge is 0.296 e. The first-order valence-corrected chi connectivity index (χ1v) is 6.10. The Bertz CT molecular complexity index is 682. The number of carbonyl (C=O) groups is 1. The van der Waals surface area contributed by atoms with Crippen LogP contribution in [0.1, 0.15) is 23.4 Å².